The Morgan fingerprint density at radius 2 is 2.05 bits per heavy atom. The fourth-order valence-corrected chi connectivity index (χ4v) is 1.56. The van der Waals surface area contributed by atoms with Gasteiger partial charge in [-0.1, -0.05) is 18.2 Å². The average molecular weight is 321 g/mol. The summed E-state index contributed by atoms with van der Waals surface area (Å²) >= 11 is 5.90. The fraction of sp³-hybridized carbons (Fsp3) is 0.0833. The Balaban J connectivity index is 3.00. The molecule has 0 aliphatic carbocycles. The zero-order chi connectivity index (χ0) is 16.2. The number of carbonyl (C=O) groups excluding carboxylic acids is 1. The van der Waals surface area contributed by atoms with Crippen LogP contribution in [0.15, 0.2) is 42.8 Å². The van der Waals surface area contributed by atoms with E-state index < -0.39 is 17.8 Å². The quantitative estimate of drug-likeness (QED) is 0.452. The molecule has 0 saturated carbocycles. The minimum Gasteiger partial charge on any atom is -0.393 e. The van der Waals surface area contributed by atoms with Crippen molar-refractivity contribution in [2.45, 2.75) is 6.18 Å². The first-order valence-corrected chi connectivity index (χ1v) is 5.84. The van der Waals surface area contributed by atoms with Gasteiger partial charge in [0.1, 0.15) is 5.70 Å². The lowest BCUT2D eigenvalue weighted by molar-refractivity contribution is -0.111. The molecule has 1 aromatic carbocycles. The topological polar surface area (TPSA) is 84.4 Å². The molecule has 0 unspecified atom stereocenters. The van der Waals surface area contributed by atoms with Gasteiger partial charge < -0.3 is 11.1 Å². The highest BCUT2D eigenvalue weighted by molar-refractivity contribution is 6.33. The molecule has 0 heterocycles. The zero-order valence-electron chi connectivity index (χ0n) is 10.6. The van der Waals surface area contributed by atoms with Gasteiger partial charge in [0, 0.05) is 11.9 Å². The van der Waals surface area contributed by atoms with Crippen LogP contribution in [0.4, 0.5) is 24.5 Å². The van der Waals surface area contributed by atoms with Gasteiger partial charge in [0.15, 0.2) is 0 Å². The molecule has 0 spiro atoms. The van der Waals surface area contributed by atoms with Gasteiger partial charge in [0.05, 0.1) is 10.7 Å². The van der Waals surface area contributed by atoms with Crippen molar-refractivity contribution in [3.8, 4) is 0 Å². The van der Waals surface area contributed by atoms with Crippen molar-refractivity contribution in [1.82, 2.24) is 0 Å². The summed E-state index contributed by atoms with van der Waals surface area (Å²) in [5.41, 5.74) is 3.91. The Labute approximate surface area is 123 Å². The number of nitrogens with two attached hydrogens (primary N) is 2. The number of amides is 1. The van der Waals surface area contributed by atoms with E-state index >= 15 is 0 Å². The Morgan fingerprint density at radius 3 is 2.52 bits per heavy atom. The molecule has 1 amide bonds. The van der Waals surface area contributed by atoms with Gasteiger partial charge in [-0.3, -0.25) is 9.80 Å². The lowest BCUT2D eigenvalue weighted by Crippen LogP contribution is -2.30. The van der Waals surface area contributed by atoms with Crippen molar-refractivity contribution in [3.05, 3.63) is 47.8 Å². The zero-order valence-corrected chi connectivity index (χ0v) is 11.4. The number of alkyl halides is 3. The number of carbonyl (C=O) groups is 1. The van der Waals surface area contributed by atoms with Crippen molar-refractivity contribution in [1.29, 1.82) is 0 Å². The molecule has 0 radical (unpaired) electrons. The highest BCUT2D eigenvalue weighted by atomic mass is 35.5. The lowest BCUT2D eigenvalue weighted by atomic mass is 10.2. The van der Waals surface area contributed by atoms with Crippen molar-refractivity contribution in [2.75, 3.05) is 10.3 Å². The minimum absolute atomic E-state index is 0.0330. The van der Waals surface area contributed by atoms with E-state index in [2.05, 4.69) is 11.9 Å². The van der Waals surface area contributed by atoms with E-state index in [0.717, 1.165) is 6.08 Å². The molecule has 0 aromatic heterocycles. The van der Waals surface area contributed by atoms with E-state index in [0.29, 0.717) is 16.9 Å². The number of benzene rings is 1. The number of nitrogens with one attached hydrogen (secondary N) is 1. The molecular formula is C12H12ClF3N4O. The van der Waals surface area contributed by atoms with E-state index in [1.54, 1.807) is 0 Å². The molecule has 0 fully saturated rings. The molecule has 0 aliphatic rings. The van der Waals surface area contributed by atoms with Gasteiger partial charge >= 0.3 is 6.18 Å². The summed E-state index contributed by atoms with van der Waals surface area (Å²) < 4.78 is 36.9. The molecule has 21 heavy (non-hydrogen) atoms. The van der Waals surface area contributed by atoms with Crippen LogP contribution in [-0.4, -0.2) is 12.1 Å². The van der Waals surface area contributed by atoms with E-state index in [4.69, 9.17) is 23.2 Å². The van der Waals surface area contributed by atoms with E-state index in [1.807, 2.05) is 0 Å². The number of nitrogens with zero attached hydrogens (tertiary/aromatic N) is 1. The maximum absolute atomic E-state index is 12.3. The maximum Gasteiger partial charge on any atom is 0.432 e. The number of hydrogen-bond acceptors (Lipinski definition) is 4. The van der Waals surface area contributed by atoms with Crippen LogP contribution in [0.3, 0.4) is 0 Å². The predicted octanol–water partition coefficient (Wildman–Crippen LogP) is 2.51. The SMILES string of the molecule is C=CC(=O)Nc1ccc(N(N)/C=C(\N)C(F)(F)F)c(Cl)c1. The van der Waals surface area contributed by atoms with E-state index in [1.165, 1.54) is 18.2 Å². The summed E-state index contributed by atoms with van der Waals surface area (Å²) in [4.78, 5) is 11.1. The maximum atomic E-state index is 12.3. The number of halogens is 4. The summed E-state index contributed by atoms with van der Waals surface area (Å²) in [6.07, 6.45) is -3.13. The highest BCUT2D eigenvalue weighted by Crippen LogP contribution is 2.29. The molecule has 1 aromatic rings. The Kier molecular flexibility index (Phi) is 5.23. The third kappa shape index (κ3) is 4.69. The Bertz CT molecular complexity index is 586. The van der Waals surface area contributed by atoms with Gasteiger partial charge in [-0.2, -0.15) is 13.2 Å². The minimum atomic E-state index is -4.69. The molecular weight excluding hydrogens is 309 g/mol. The second-order valence-corrected chi connectivity index (χ2v) is 4.26. The van der Waals surface area contributed by atoms with Crippen molar-refractivity contribution >= 4 is 28.9 Å². The summed E-state index contributed by atoms with van der Waals surface area (Å²) in [5.74, 6) is 5.01. The van der Waals surface area contributed by atoms with Crippen LogP contribution in [0, 0.1) is 0 Å². The van der Waals surface area contributed by atoms with E-state index in [9.17, 15) is 18.0 Å². The third-order valence-electron chi connectivity index (χ3n) is 2.28. The van der Waals surface area contributed by atoms with Crippen LogP contribution in [0.2, 0.25) is 5.02 Å². The standard InChI is InChI=1S/C12H12ClF3N4O/c1-2-11(21)19-7-3-4-9(8(13)5-7)20(18)6-10(17)12(14,15)16/h2-6H,1,17-18H2,(H,19,21)/b10-6-. The van der Waals surface area contributed by atoms with Crippen LogP contribution in [0.25, 0.3) is 0 Å². The van der Waals surface area contributed by atoms with Crippen LogP contribution in [-0.2, 0) is 4.79 Å². The van der Waals surface area contributed by atoms with Gasteiger partial charge in [-0.05, 0) is 24.3 Å². The first kappa shape index (κ1) is 16.9. The second-order valence-electron chi connectivity index (χ2n) is 3.85. The van der Waals surface area contributed by atoms with Crippen LogP contribution in [0.1, 0.15) is 0 Å². The number of anilines is 2. The van der Waals surface area contributed by atoms with Crippen LogP contribution >= 0.6 is 11.6 Å². The first-order chi connectivity index (χ1) is 9.65. The second kappa shape index (κ2) is 6.51. The summed E-state index contributed by atoms with van der Waals surface area (Å²) in [6.45, 7) is 3.28. The van der Waals surface area contributed by atoms with Gasteiger partial charge in [0.25, 0.3) is 0 Å². The number of hydrazine groups is 1. The Hall–Kier alpha value is -2.19. The molecule has 0 bridgehead atoms. The van der Waals surface area contributed by atoms with Crippen molar-refractivity contribution in [3.63, 3.8) is 0 Å². The third-order valence-corrected chi connectivity index (χ3v) is 2.59. The van der Waals surface area contributed by atoms with Crippen molar-refractivity contribution in [2.24, 2.45) is 11.6 Å². The number of hydrogen-bond donors (Lipinski definition) is 3. The smallest absolute Gasteiger partial charge is 0.393 e. The van der Waals surface area contributed by atoms with Crippen molar-refractivity contribution < 1.29 is 18.0 Å². The van der Waals surface area contributed by atoms with Crippen LogP contribution < -0.4 is 21.9 Å². The fourth-order valence-electron chi connectivity index (χ4n) is 1.28. The van der Waals surface area contributed by atoms with Gasteiger partial charge in [-0.15, -0.1) is 0 Å². The largest absolute Gasteiger partial charge is 0.432 e. The average Bonchev–Trinajstić information content (AvgIpc) is 2.37. The summed E-state index contributed by atoms with van der Waals surface area (Å²) in [5, 5.41) is 3.12. The summed E-state index contributed by atoms with van der Waals surface area (Å²) in [6, 6.07) is 4.08. The molecule has 1 rings (SSSR count). The van der Waals surface area contributed by atoms with Crippen LogP contribution in [0.5, 0.6) is 0 Å². The number of allylic oxidation sites excluding steroid dienone is 1. The molecule has 114 valence electrons. The monoisotopic (exact) mass is 320 g/mol. The highest BCUT2D eigenvalue weighted by Gasteiger charge is 2.32. The first-order valence-electron chi connectivity index (χ1n) is 5.46. The van der Waals surface area contributed by atoms with E-state index in [-0.39, 0.29) is 10.7 Å². The molecule has 0 aliphatic heterocycles. The normalized spacial score (nSPS) is 12.0. The molecule has 9 heteroatoms. The predicted molar refractivity (Wildman–Crippen MR) is 75.3 cm³/mol. The lowest BCUT2D eigenvalue weighted by Gasteiger charge is -2.18. The Morgan fingerprint density at radius 1 is 1.43 bits per heavy atom. The van der Waals surface area contributed by atoms with Gasteiger partial charge in [-0.25, -0.2) is 5.84 Å². The molecule has 5 N–H and O–H groups in total. The summed E-state index contributed by atoms with van der Waals surface area (Å²) in [7, 11) is 0. The van der Waals surface area contributed by atoms with Gasteiger partial charge in [0.2, 0.25) is 5.91 Å². The molecule has 5 nitrogen and oxygen atoms in total. The number of rotatable bonds is 4. The molecule has 0 saturated heterocycles. The molecule has 0 atom stereocenters.